The number of nitrogens with zero attached hydrogens (tertiary/aromatic N) is 1. The normalized spacial score (nSPS) is 21.1. The number of amides is 2. The van der Waals surface area contributed by atoms with Gasteiger partial charge in [0.2, 0.25) is 11.8 Å². The second kappa shape index (κ2) is 8.78. The van der Waals surface area contributed by atoms with Crippen LogP contribution in [0.15, 0.2) is 72.1 Å². The number of fused-ring (bicyclic) bond motifs is 1. The predicted octanol–water partition coefficient (Wildman–Crippen LogP) is 5.27. The van der Waals surface area contributed by atoms with E-state index >= 15 is 0 Å². The second-order valence-corrected chi connectivity index (χ2v) is 10.9. The molecule has 3 aromatic carbocycles. The van der Waals surface area contributed by atoms with Crippen LogP contribution in [0.5, 0.6) is 0 Å². The number of aldehydes is 1. The van der Waals surface area contributed by atoms with Crippen LogP contribution in [0.2, 0.25) is 0 Å². The molecule has 0 aliphatic heterocycles. The molecule has 3 aliphatic carbocycles. The highest BCUT2D eigenvalue weighted by molar-refractivity contribution is 7.13. The molecule has 4 aromatic rings. The standard InChI is InChI=1S/C30H25N3O3S/c1-30(28(36)33-29-32-19(16-37-29)13-17-9-11-18(15-34)12-10-17)14-24-20-5-2-3-6-21(20)26(30)22-7-4-8-23(25(22)24)27(31)35/h2-12,15-16,24,26H,13-14H2,1H3,(H2,31,35)(H,32,33,36). The van der Waals surface area contributed by atoms with E-state index in [0.29, 0.717) is 29.1 Å². The van der Waals surface area contributed by atoms with Crippen molar-refractivity contribution in [2.45, 2.75) is 31.6 Å². The summed E-state index contributed by atoms with van der Waals surface area (Å²) in [6.45, 7) is 2.01. The van der Waals surface area contributed by atoms with Gasteiger partial charge in [0.05, 0.1) is 11.1 Å². The molecule has 0 radical (unpaired) electrons. The van der Waals surface area contributed by atoms with Crippen molar-refractivity contribution in [1.29, 1.82) is 0 Å². The first-order valence-electron chi connectivity index (χ1n) is 12.2. The van der Waals surface area contributed by atoms with Crippen LogP contribution in [-0.4, -0.2) is 23.1 Å². The molecule has 3 aliphatic rings. The van der Waals surface area contributed by atoms with Gasteiger partial charge in [-0.25, -0.2) is 4.98 Å². The molecule has 7 rings (SSSR count). The first-order chi connectivity index (χ1) is 17.9. The van der Waals surface area contributed by atoms with Gasteiger partial charge in [0, 0.05) is 34.8 Å². The van der Waals surface area contributed by atoms with Crippen molar-refractivity contribution in [3.63, 3.8) is 0 Å². The number of benzene rings is 3. The third-order valence-corrected chi connectivity index (χ3v) is 8.61. The van der Waals surface area contributed by atoms with E-state index in [0.717, 1.165) is 39.8 Å². The van der Waals surface area contributed by atoms with Crippen molar-refractivity contribution in [3.05, 3.63) is 117 Å². The van der Waals surface area contributed by atoms with Crippen LogP contribution in [0, 0.1) is 5.41 Å². The van der Waals surface area contributed by atoms with Crippen LogP contribution in [0.4, 0.5) is 5.13 Å². The largest absolute Gasteiger partial charge is 0.366 e. The van der Waals surface area contributed by atoms with Gasteiger partial charge < -0.3 is 11.1 Å². The third kappa shape index (κ3) is 3.78. The molecule has 0 fully saturated rings. The fraction of sp³-hybridized carbons (Fsp3) is 0.200. The second-order valence-electron chi connectivity index (χ2n) is 10.0. The molecule has 37 heavy (non-hydrogen) atoms. The first-order valence-corrected chi connectivity index (χ1v) is 13.1. The molecule has 0 saturated heterocycles. The van der Waals surface area contributed by atoms with Crippen molar-refractivity contribution in [3.8, 4) is 0 Å². The molecule has 3 atom stereocenters. The van der Waals surface area contributed by atoms with Crippen LogP contribution in [0.1, 0.15) is 79.4 Å². The van der Waals surface area contributed by atoms with Gasteiger partial charge in [0.25, 0.3) is 0 Å². The quantitative estimate of drug-likeness (QED) is 0.347. The van der Waals surface area contributed by atoms with E-state index in [1.165, 1.54) is 11.3 Å². The Kier molecular flexibility index (Phi) is 5.53. The Morgan fingerprint density at radius 3 is 2.51 bits per heavy atom. The van der Waals surface area contributed by atoms with E-state index in [-0.39, 0.29) is 17.7 Å². The molecule has 2 amide bonds. The van der Waals surface area contributed by atoms with E-state index < -0.39 is 11.3 Å². The number of hydrogen-bond donors (Lipinski definition) is 2. The molecular formula is C30H25N3O3S. The fourth-order valence-electron chi connectivity index (χ4n) is 6.13. The Bertz CT molecular complexity index is 1560. The zero-order chi connectivity index (χ0) is 25.7. The lowest BCUT2D eigenvalue weighted by molar-refractivity contribution is -0.126. The highest BCUT2D eigenvalue weighted by Crippen LogP contribution is 2.61. The van der Waals surface area contributed by atoms with E-state index in [1.807, 2.05) is 48.7 Å². The lowest BCUT2D eigenvalue weighted by Gasteiger charge is -2.51. The molecule has 0 saturated carbocycles. The molecule has 6 nitrogen and oxygen atoms in total. The minimum absolute atomic E-state index is 0.0802. The maximum Gasteiger partial charge on any atom is 0.249 e. The van der Waals surface area contributed by atoms with E-state index in [2.05, 4.69) is 22.4 Å². The summed E-state index contributed by atoms with van der Waals surface area (Å²) in [7, 11) is 0. The SMILES string of the molecule is CC1(C(=O)Nc2nc(Cc3ccc(C=O)cc3)cs2)CC2c3ccccc3C1c1cccc(C(N)=O)c12. The van der Waals surface area contributed by atoms with Gasteiger partial charge in [-0.3, -0.25) is 14.4 Å². The van der Waals surface area contributed by atoms with Crippen molar-refractivity contribution >= 4 is 34.6 Å². The molecule has 1 aromatic heterocycles. The molecule has 7 heteroatoms. The monoisotopic (exact) mass is 507 g/mol. The Morgan fingerprint density at radius 2 is 1.78 bits per heavy atom. The van der Waals surface area contributed by atoms with Crippen LogP contribution in [0.25, 0.3) is 0 Å². The average Bonchev–Trinajstić information content (AvgIpc) is 3.35. The number of anilines is 1. The summed E-state index contributed by atoms with van der Waals surface area (Å²) < 4.78 is 0. The summed E-state index contributed by atoms with van der Waals surface area (Å²) >= 11 is 1.40. The molecule has 1 heterocycles. The Balaban J connectivity index is 1.30. The first kappa shape index (κ1) is 23.3. The molecule has 184 valence electrons. The predicted molar refractivity (Wildman–Crippen MR) is 143 cm³/mol. The topological polar surface area (TPSA) is 102 Å². The van der Waals surface area contributed by atoms with Crippen LogP contribution in [-0.2, 0) is 11.2 Å². The number of hydrogen-bond acceptors (Lipinski definition) is 5. The summed E-state index contributed by atoms with van der Waals surface area (Å²) in [5.74, 6) is -0.803. The minimum atomic E-state index is -0.723. The fourth-order valence-corrected chi connectivity index (χ4v) is 6.83. The molecular weight excluding hydrogens is 482 g/mol. The van der Waals surface area contributed by atoms with Crippen molar-refractivity contribution in [2.24, 2.45) is 11.1 Å². The zero-order valence-electron chi connectivity index (χ0n) is 20.2. The molecule has 0 spiro atoms. The van der Waals surface area contributed by atoms with E-state index in [1.54, 1.807) is 18.2 Å². The van der Waals surface area contributed by atoms with Crippen molar-refractivity contribution in [1.82, 2.24) is 4.98 Å². The molecule has 3 N–H and O–H groups in total. The summed E-state index contributed by atoms with van der Waals surface area (Å²) in [6, 6.07) is 21.3. The summed E-state index contributed by atoms with van der Waals surface area (Å²) in [5.41, 5.74) is 12.4. The van der Waals surface area contributed by atoms with E-state index in [4.69, 9.17) is 5.73 Å². The number of nitrogens with one attached hydrogen (secondary N) is 1. The van der Waals surface area contributed by atoms with Crippen LogP contribution >= 0.6 is 11.3 Å². The zero-order valence-corrected chi connectivity index (χ0v) is 21.0. The van der Waals surface area contributed by atoms with Gasteiger partial charge >= 0.3 is 0 Å². The van der Waals surface area contributed by atoms with Gasteiger partial charge in [0.15, 0.2) is 5.13 Å². The maximum absolute atomic E-state index is 13.9. The lowest BCUT2D eigenvalue weighted by Crippen LogP contribution is -2.47. The Hall–Kier alpha value is -4.10. The molecule has 3 unspecified atom stereocenters. The number of carbonyl (C=O) groups excluding carboxylic acids is 3. The number of rotatable bonds is 6. The number of aromatic nitrogens is 1. The number of nitrogens with two attached hydrogens (primary N) is 1. The van der Waals surface area contributed by atoms with Crippen LogP contribution < -0.4 is 11.1 Å². The number of carbonyl (C=O) groups is 3. The van der Waals surface area contributed by atoms with Gasteiger partial charge in [-0.1, -0.05) is 60.7 Å². The Labute approximate surface area is 218 Å². The van der Waals surface area contributed by atoms with Crippen molar-refractivity contribution in [2.75, 3.05) is 5.32 Å². The summed E-state index contributed by atoms with van der Waals surface area (Å²) in [5, 5.41) is 5.60. The van der Waals surface area contributed by atoms with Gasteiger partial charge in [-0.15, -0.1) is 11.3 Å². The third-order valence-electron chi connectivity index (χ3n) is 7.80. The highest BCUT2D eigenvalue weighted by Gasteiger charge is 2.54. The average molecular weight is 508 g/mol. The smallest absolute Gasteiger partial charge is 0.249 e. The minimum Gasteiger partial charge on any atom is -0.366 e. The highest BCUT2D eigenvalue weighted by atomic mass is 32.1. The number of thiazole rings is 1. The Morgan fingerprint density at radius 1 is 1.05 bits per heavy atom. The van der Waals surface area contributed by atoms with Crippen molar-refractivity contribution < 1.29 is 14.4 Å². The van der Waals surface area contributed by atoms with Crippen LogP contribution in [0.3, 0.4) is 0 Å². The lowest BCUT2D eigenvalue weighted by atomic mass is 9.52. The number of primary amides is 1. The summed E-state index contributed by atoms with van der Waals surface area (Å²) in [4.78, 5) is 41.7. The van der Waals surface area contributed by atoms with Gasteiger partial charge in [-0.05, 0) is 47.2 Å². The van der Waals surface area contributed by atoms with Gasteiger partial charge in [0.1, 0.15) is 6.29 Å². The summed E-state index contributed by atoms with van der Waals surface area (Å²) in [6.07, 6.45) is 2.02. The maximum atomic E-state index is 13.9. The molecule has 2 bridgehead atoms. The van der Waals surface area contributed by atoms with E-state index in [9.17, 15) is 14.4 Å². The van der Waals surface area contributed by atoms with Gasteiger partial charge in [-0.2, -0.15) is 0 Å².